The first-order valence-electron chi connectivity index (χ1n) is 6.17. The molecule has 0 atom stereocenters. The first-order chi connectivity index (χ1) is 10.5. The van der Waals surface area contributed by atoms with E-state index < -0.39 is 16.4 Å². The Morgan fingerprint density at radius 3 is 2.68 bits per heavy atom. The fraction of sp³-hybridized carbons (Fsp3) is 0. The molecule has 110 valence electrons. The molecule has 0 aromatic heterocycles. The predicted octanol–water partition coefficient (Wildman–Crippen LogP) is 3.57. The number of phenolic OH excluding ortho intramolecular Hbond substituents is 1. The van der Waals surface area contributed by atoms with Gasteiger partial charge in [0.25, 0.3) is 0 Å². The summed E-state index contributed by atoms with van der Waals surface area (Å²) in [7, 11) is 0. The SMILES string of the molecule is O=C1/C(=C/c2ccc([N+](=O)[O-])c(O)c2)Oc2ccc(Cl)cc21. The third-order valence-corrected chi connectivity index (χ3v) is 3.36. The number of nitrogens with zero attached hydrogens (tertiary/aromatic N) is 1. The molecule has 1 aliphatic rings. The van der Waals surface area contributed by atoms with E-state index in [-0.39, 0.29) is 11.5 Å². The lowest BCUT2D eigenvalue weighted by Crippen LogP contribution is -1.98. The van der Waals surface area contributed by atoms with Gasteiger partial charge in [-0.2, -0.15) is 0 Å². The number of allylic oxidation sites excluding steroid dienone is 1. The number of benzene rings is 2. The molecule has 6 nitrogen and oxygen atoms in total. The minimum atomic E-state index is -0.693. The van der Waals surface area contributed by atoms with E-state index in [2.05, 4.69) is 0 Å². The molecule has 2 aromatic rings. The number of fused-ring (bicyclic) bond motifs is 1. The Labute approximate surface area is 129 Å². The van der Waals surface area contributed by atoms with Crippen molar-refractivity contribution in [1.82, 2.24) is 0 Å². The number of hydrogen-bond donors (Lipinski definition) is 1. The van der Waals surface area contributed by atoms with Crippen LogP contribution >= 0.6 is 11.6 Å². The molecule has 2 aromatic carbocycles. The molecule has 0 saturated heterocycles. The number of ketones is 1. The molecule has 0 saturated carbocycles. The molecular formula is C15H8ClNO5. The van der Waals surface area contributed by atoms with Crippen molar-refractivity contribution >= 4 is 29.1 Å². The second-order valence-electron chi connectivity index (χ2n) is 4.59. The van der Waals surface area contributed by atoms with Crippen molar-refractivity contribution in [3.05, 3.63) is 68.4 Å². The van der Waals surface area contributed by atoms with E-state index in [1.165, 1.54) is 24.3 Å². The number of carbonyl (C=O) groups is 1. The molecule has 0 radical (unpaired) electrons. The molecule has 7 heteroatoms. The lowest BCUT2D eigenvalue weighted by atomic mass is 10.1. The third-order valence-electron chi connectivity index (χ3n) is 3.12. The molecule has 0 amide bonds. The lowest BCUT2D eigenvalue weighted by molar-refractivity contribution is -0.385. The number of Topliss-reactive ketones (excluding diaryl/α,β-unsaturated/α-hetero) is 1. The number of aromatic hydroxyl groups is 1. The minimum absolute atomic E-state index is 0.0607. The van der Waals surface area contributed by atoms with Gasteiger partial charge in [0.05, 0.1) is 10.5 Å². The van der Waals surface area contributed by atoms with Gasteiger partial charge >= 0.3 is 5.69 Å². The summed E-state index contributed by atoms with van der Waals surface area (Å²) in [5, 5.41) is 20.7. The molecule has 0 aliphatic carbocycles. The van der Waals surface area contributed by atoms with Gasteiger partial charge in [0, 0.05) is 11.1 Å². The first kappa shape index (κ1) is 14.1. The zero-order chi connectivity index (χ0) is 15.9. The van der Waals surface area contributed by atoms with Crippen molar-refractivity contribution < 1.29 is 19.6 Å². The number of rotatable bonds is 2. The van der Waals surface area contributed by atoms with Crippen LogP contribution in [0.5, 0.6) is 11.5 Å². The monoisotopic (exact) mass is 317 g/mol. The molecule has 0 bridgehead atoms. The molecular weight excluding hydrogens is 310 g/mol. The molecule has 1 heterocycles. The summed E-state index contributed by atoms with van der Waals surface area (Å²) in [6.07, 6.45) is 1.40. The Bertz CT molecular complexity index is 844. The summed E-state index contributed by atoms with van der Waals surface area (Å²) >= 11 is 5.84. The first-order valence-corrected chi connectivity index (χ1v) is 6.55. The number of carbonyl (C=O) groups excluding carboxylic acids is 1. The van der Waals surface area contributed by atoms with Crippen molar-refractivity contribution in [2.24, 2.45) is 0 Å². The topological polar surface area (TPSA) is 89.7 Å². The number of ether oxygens (including phenoxy) is 1. The van der Waals surface area contributed by atoms with E-state index in [1.807, 2.05) is 0 Å². The Balaban J connectivity index is 1.96. The van der Waals surface area contributed by atoms with Crippen LogP contribution in [0.25, 0.3) is 6.08 Å². The lowest BCUT2D eigenvalue weighted by Gasteiger charge is -2.00. The Kier molecular flexibility index (Phi) is 3.30. The van der Waals surface area contributed by atoms with Crippen LogP contribution in [-0.4, -0.2) is 15.8 Å². The van der Waals surface area contributed by atoms with Crippen LogP contribution in [0.15, 0.2) is 42.2 Å². The Morgan fingerprint density at radius 2 is 2.00 bits per heavy atom. The van der Waals surface area contributed by atoms with Gasteiger partial charge in [0.15, 0.2) is 11.5 Å². The van der Waals surface area contributed by atoms with E-state index in [1.54, 1.807) is 12.1 Å². The average Bonchev–Trinajstić information content (AvgIpc) is 2.75. The highest BCUT2D eigenvalue weighted by Crippen LogP contribution is 2.34. The summed E-state index contributed by atoms with van der Waals surface area (Å²) < 4.78 is 5.43. The molecule has 3 rings (SSSR count). The third kappa shape index (κ3) is 2.40. The van der Waals surface area contributed by atoms with Gasteiger partial charge in [-0.05, 0) is 42.0 Å². The van der Waals surface area contributed by atoms with Gasteiger partial charge in [0.1, 0.15) is 5.75 Å². The molecule has 0 fully saturated rings. The Hall–Kier alpha value is -2.86. The van der Waals surface area contributed by atoms with Crippen molar-refractivity contribution in [1.29, 1.82) is 0 Å². The highest BCUT2D eigenvalue weighted by molar-refractivity contribution is 6.31. The second kappa shape index (κ2) is 5.16. The van der Waals surface area contributed by atoms with Gasteiger partial charge in [-0.1, -0.05) is 11.6 Å². The van der Waals surface area contributed by atoms with Crippen molar-refractivity contribution in [3.63, 3.8) is 0 Å². The van der Waals surface area contributed by atoms with E-state index in [4.69, 9.17) is 16.3 Å². The summed E-state index contributed by atoms with van der Waals surface area (Å²) in [6, 6.07) is 8.46. The van der Waals surface area contributed by atoms with Gasteiger partial charge in [-0.15, -0.1) is 0 Å². The van der Waals surface area contributed by atoms with Crippen LogP contribution < -0.4 is 4.74 Å². The summed E-state index contributed by atoms with van der Waals surface area (Å²) in [5.41, 5.74) is 0.353. The van der Waals surface area contributed by atoms with Crippen molar-refractivity contribution in [2.45, 2.75) is 0 Å². The zero-order valence-electron chi connectivity index (χ0n) is 10.9. The molecule has 1 N–H and O–H groups in total. The van der Waals surface area contributed by atoms with Gasteiger partial charge < -0.3 is 9.84 Å². The number of phenols is 1. The summed E-state index contributed by atoms with van der Waals surface area (Å²) in [6.45, 7) is 0. The molecule has 1 aliphatic heterocycles. The quantitative estimate of drug-likeness (QED) is 0.519. The van der Waals surface area contributed by atoms with Crippen molar-refractivity contribution in [3.8, 4) is 11.5 Å². The average molecular weight is 318 g/mol. The fourth-order valence-corrected chi connectivity index (χ4v) is 2.27. The van der Waals surface area contributed by atoms with Crippen LogP contribution in [0.3, 0.4) is 0 Å². The van der Waals surface area contributed by atoms with Crippen LogP contribution in [0, 0.1) is 10.1 Å². The molecule has 0 spiro atoms. The number of nitro benzene ring substituents is 1. The van der Waals surface area contributed by atoms with Crippen LogP contribution in [0.1, 0.15) is 15.9 Å². The maximum atomic E-state index is 12.2. The number of halogens is 1. The standard InChI is InChI=1S/C15H8ClNO5/c16-9-2-4-13-10(7-9)15(19)14(22-13)6-8-1-3-11(17(20)21)12(18)5-8/h1-7,18H/b14-6-. The van der Waals surface area contributed by atoms with Gasteiger partial charge in [-0.25, -0.2) is 0 Å². The fourth-order valence-electron chi connectivity index (χ4n) is 2.10. The van der Waals surface area contributed by atoms with Crippen molar-refractivity contribution in [2.75, 3.05) is 0 Å². The minimum Gasteiger partial charge on any atom is -0.502 e. The summed E-state index contributed by atoms with van der Waals surface area (Å²) in [5.74, 6) is -0.363. The maximum absolute atomic E-state index is 12.2. The smallest absolute Gasteiger partial charge is 0.310 e. The normalized spacial score (nSPS) is 14.8. The van der Waals surface area contributed by atoms with E-state index >= 15 is 0 Å². The van der Waals surface area contributed by atoms with Crippen LogP contribution in [0.2, 0.25) is 5.02 Å². The highest BCUT2D eigenvalue weighted by Gasteiger charge is 2.27. The van der Waals surface area contributed by atoms with Crippen LogP contribution in [0.4, 0.5) is 5.69 Å². The van der Waals surface area contributed by atoms with Gasteiger partial charge in [-0.3, -0.25) is 14.9 Å². The number of nitro groups is 1. The maximum Gasteiger partial charge on any atom is 0.310 e. The predicted molar refractivity (Wildman–Crippen MR) is 79.1 cm³/mol. The Morgan fingerprint density at radius 1 is 1.23 bits per heavy atom. The highest BCUT2D eigenvalue weighted by atomic mass is 35.5. The van der Waals surface area contributed by atoms with E-state index in [0.29, 0.717) is 21.9 Å². The van der Waals surface area contributed by atoms with Crippen LogP contribution in [-0.2, 0) is 0 Å². The number of hydrogen-bond acceptors (Lipinski definition) is 5. The van der Waals surface area contributed by atoms with E-state index in [9.17, 15) is 20.0 Å². The molecule has 0 unspecified atom stereocenters. The molecule has 22 heavy (non-hydrogen) atoms. The second-order valence-corrected chi connectivity index (χ2v) is 5.02. The van der Waals surface area contributed by atoms with Gasteiger partial charge in [0.2, 0.25) is 5.78 Å². The largest absolute Gasteiger partial charge is 0.502 e. The zero-order valence-corrected chi connectivity index (χ0v) is 11.7. The van der Waals surface area contributed by atoms with E-state index in [0.717, 1.165) is 6.07 Å². The summed E-state index contributed by atoms with van der Waals surface area (Å²) in [4.78, 5) is 22.1.